The predicted molar refractivity (Wildman–Crippen MR) is 118 cm³/mol. The van der Waals surface area contributed by atoms with E-state index in [1.165, 1.54) is 12.1 Å². The normalized spacial score (nSPS) is 15.1. The van der Waals surface area contributed by atoms with Crippen molar-refractivity contribution in [2.24, 2.45) is 5.73 Å². The molecule has 32 heavy (non-hydrogen) atoms. The quantitative estimate of drug-likeness (QED) is 0.639. The summed E-state index contributed by atoms with van der Waals surface area (Å²) in [7, 11) is 0. The molecule has 1 fully saturated rings. The maximum absolute atomic E-state index is 14.5. The zero-order valence-electron chi connectivity index (χ0n) is 17.7. The zero-order valence-corrected chi connectivity index (χ0v) is 17.7. The molecular formula is C23H24FN5O3. The van der Waals surface area contributed by atoms with Gasteiger partial charge in [0.1, 0.15) is 5.82 Å². The summed E-state index contributed by atoms with van der Waals surface area (Å²) >= 11 is 0. The first-order valence-electron chi connectivity index (χ1n) is 10.4. The topological polar surface area (TPSA) is 112 Å². The van der Waals surface area contributed by atoms with Crippen molar-refractivity contribution in [3.8, 4) is 0 Å². The predicted octanol–water partition coefficient (Wildman–Crippen LogP) is 1.28. The van der Waals surface area contributed by atoms with E-state index in [1.807, 2.05) is 12.1 Å². The molecule has 166 valence electrons. The summed E-state index contributed by atoms with van der Waals surface area (Å²) < 4.78 is 14.5. The number of hydrogen-bond donors (Lipinski definition) is 2. The van der Waals surface area contributed by atoms with Gasteiger partial charge >= 0.3 is 0 Å². The molecule has 1 saturated heterocycles. The van der Waals surface area contributed by atoms with Gasteiger partial charge in [0, 0.05) is 38.0 Å². The van der Waals surface area contributed by atoms with Crippen LogP contribution in [-0.4, -0.2) is 64.0 Å². The summed E-state index contributed by atoms with van der Waals surface area (Å²) in [5.74, 6) is -1.19. The van der Waals surface area contributed by atoms with Gasteiger partial charge in [-0.3, -0.25) is 14.4 Å². The number of halogens is 1. The smallest absolute Gasteiger partial charge is 0.272 e. The Morgan fingerprint density at radius 1 is 1.09 bits per heavy atom. The van der Waals surface area contributed by atoms with Crippen molar-refractivity contribution in [3.05, 3.63) is 75.5 Å². The Labute approximate surface area is 183 Å². The van der Waals surface area contributed by atoms with Crippen LogP contribution < -0.4 is 11.3 Å². The second kappa shape index (κ2) is 8.88. The molecule has 0 unspecified atom stereocenters. The fourth-order valence-electron chi connectivity index (χ4n) is 3.93. The molecule has 1 aliphatic heterocycles. The standard InChI is InChI=1S/C23H24FN5O3/c1-14(25)22(31)28-8-10-29(11-9-28)23(32)18-12-15(6-7-19(18)24)13-20-16-4-2-3-5-17(16)21(30)27-26-20/h2-7,12,14H,8-11,13,25H2,1H3,(H,27,30)/t14-/m0/s1. The number of nitrogens with zero attached hydrogens (tertiary/aromatic N) is 3. The molecule has 1 aromatic heterocycles. The molecule has 1 atom stereocenters. The van der Waals surface area contributed by atoms with Crippen LogP contribution in [-0.2, 0) is 11.2 Å². The lowest BCUT2D eigenvalue weighted by Gasteiger charge is -2.35. The highest BCUT2D eigenvalue weighted by atomic mass is 19.1. The van der Waals surface area contributed by atoms with E-state index in [0.29, 0.717) is 54.6 Å². The molecule has 9 heteroatoms. The monoisotopic (exact) mass is 437 g/mol. The van der Waals surface area contributed by atoms with Crippen LogP contribution in [0.2, 0.25) is 0 Å². The van der Waals surface area contributed by atoms with E-state index >= 15 is 0 Å². The third-order valence-electron chi connectivity index (χ3n) is 5.68. The van der Waals surface area contributed by atoms with Crippen LogP contribution in [0.25, 0.3) is 10.8 Å². The fourth-order valence-corrected chi connectivity index (χ4v) is 3.93. The van der Waals surface area contributed by atoms with Crippen molar-refractivity contribution in [3.63, 3.8) is 0 Å². The number of H-pyrrole nitrogens is 1. The summed E-state index contributed by atoms with van der Waals surface area (Å²) in [6.45, 7) is 2.97. The average molecular weight is 437 g/mol. The maximum atomic E-state index is 14.5. The Morgan fingerprint density at radius 2 is 1.75 bits per heavy atom. The number of aromatic nitrogens is 2. The van der Waals surface area contributed by atoms with Crippen LogP contribution >= 0.6 is 0 Å². The number of rotatable bonds is 4. The molecule has 3 aromatic rings. The molecule has 8 nitrogen and oxygen atoms in total. The van der Waals surface area contributed by atoms with E-state index < -0.39 is 17.8 Å². The van der Waals surface area contributed by atoms with Crippen molar-refractivity contribution in [1.29, 1.82) is 0 Å². The maximum Gasteiger partial charge on any atom is 0.272 e. The van der Waals surface area contributed by atoms with Crippen LogP contribution in [0.4, 0.5) is 4.39 Å². The van der Waals surface area contributed by atoms with Gasteiger partial charge in [-0.2, -0.15) is 5.10 Å². The number of nitrogens with two attached hydrogens (primary N) is 1. The van der Waals surface area contributed by atoms with Gasteiger partial charge in [-0.05, 0) is 30.7 Å². The largest absolute Gasteiger partial charge is 0.338 e. The van der Waals surface area contributed by atoms with Gasteiger partial charge in [0.05, 0.1) is 22.7 Å². The van der Waals surface area contributed by atoms with Crippen molar-refractivity contribution in [1.82, 2.24) is 20.0 Å². The van der Waals surface area contributed by atoms with Gasteiger partial charge < -0.3 is 15.5 Å². The number of fused-ring (bicyclic) bond motifs is 1. The minimum atomic E-state index is -0.605. The molecule has 4 rings (SSSR count). The van der Waals surface area contributed by atoms with E-state index in [9.17, 15) is 18.8 Å². The molecule has 0 spiro atoms. The Kier molecular flexibility index (Phi) is 6.00. The molecule has 3 N–H and O–H groups in total. The second-order valence-corrected chi connectivity index (χ2v) is 7.94. The average Bonchev–Trinajstić information content (AvgIpc) is 2.81. The lowest BCUT2D eigenvalue weighted by molar-refractivity contribution is -0.133. The lowest BCUT2D eigenvalue weighted by atomic mass is 10.0. The van der Waals surface area contributed by atoms with E-state index in [4.69, 9.17) is 5.73 Å². The van der Waals surface area contributed by atoms with Crippen molar-refractivity contribution in [2.45, 2.75) is 19.4 Å². The Morgan fingerprint density at radius 3 is 2.44 bits per heavy atom. The number of piperazine rings is 1. The minimum Gasteiger partial charge on any atom is -0.338 e. The molecule has 0 saturated carbocycles. The number of carbonyl (C=O) groups excluding carboxylic acids is 2. The van der Waals surface area contributed by atoms with Gasteiger partial charge in [-0.1, -0.05) is 24.3 Å². The fraction of sp³-hybridized carbons (Fsp3) is 0.304. The van der Waals surface area contributed by atoms with E-state index in [2.05, 4.69) is 10.2 Å². The number of nitrogens with one attached hydrogen (secondary N) is 1. The molecule has 2 aromatic carbocycles. The summed E-state index contributed by atoms with van der Waals surface area (Å²) in [5, 5.41) is 7.88. The molecule has 0 radical (unpaired) electrons. The lowest BCUT2D eigenvalue weighted by Crippen LogP contribution is -2.53. The summed E-state index contributed by atoms with van der Waals surface area (Å²) in [6, 6.07) is 10.9. The number of carbonyl (C=O) groups is 2. The number of amides is 2. The Bertz CT molecular complexity index is 1230. The Balaban J connectivity index is 1.54. The van der Waals surface area contributed by atoms with E-state index in [0.717, 1.165) is 0 Å². The van der Waals surface area contributed by atoms with Gasteiger partial charge in [-0.15, -0.1) is 0 Å². The SMILES string of the molecule is C[C@H](N)C(=O)N1CCN(C(=O)c2cc(Cc3n[nH]c(=O)c4ccccc34)ccc2F)CC1. The summed E-state index contributed by atoms with van der Waals surface area (Å²) in [4.78, 5) is 40.2. The first kappa shape index (κ1) is 21.6. The van der Waals surface area contributed by atoms with Crippen LogP contribution in [0.15, 0.2) is 47.3 Å². The highest BCUT2D eigenvalue weighted by Crippen LogP contribution is 2.20. The van der Waals surface area contributed by atoms with Gasteiger partial charge in [0.15, 0.2) is 0 Å². The van der Waals surface area contributed by atoms with Crippen molar-refractivity contribution >= 4 is 22.6 Å². The van der Waals surface area contributed by atoms with Crippen LogP contribution in [0.5, 0.6) is 0 Å². The zero-order chi connectivity index (χ0) is 22.8. The second-order valence-electron chi connectivity index (χ2n) is 7.94. The molecule has 2 heterocycles. The third kappa shape index (κ3) is 4.24. The van der Waals surface area contributed by atoms with Gasteiger partial charge in [0.25, 0.3) is 11.5 Å². The van der Waals surface area contributed by atoms with E-state index in [-0.39, 0.29) is 17.0 Å². The summed E-state index contributed by atoms with van der Waals surface area (Å²) in [6.07, 6.45) is 0.328. The molecular weight excluding hydrogens is 413 g/mol. The minimum absolute atomic E-state index is 0.0248. The number of aromatic amines is 1. The number of benzene rings is 2. The van der Waals surface area contributed by atoms with Crippen molar-refractivity contribution in [2.75, 3.05) is 26.2 Å². The highest BCUT2D eigenvalue weighted by molar-refractivity contribution is 5.95. The van der Waals surface area contributed by atoms with E-state index in [1.54, 1.807) is 34.9 Å². The molecule has 2 amide bonds. The molecule has 1 aliphatic rings. The third-order valence-corrected chi connectivity index (χ3v) is 5.68. The Hall–Kier alpha value is -3.59. The van der Waals surface area contributed by atoms with Crippen molar-refractivity contribution < 1.29 is 14.0 Å². The van der Waals surface area contributed by atoms with Gasteiger partial charge in [-0.25, -0.2) is 9.49 Å². The first-order chi connectivity index (χ1) is 15.3. The molecule has 0 bridgehead atoms. The van der Waals surface area contributed by atoms with Crippen LogP contribution in [0.3, 0.4) is 0 Å². The number of hydrogen-bond acceptors (Lipinski definition) is 5. The first-order valence-corrected chi connectivity index (χ1v) is 10.4. The highest BCUT2D eigenvalue weighted by Gasteiger charge is 2.27. The van der Waals surface area contributed by atoms with Gasteiger partial charge in [0.2, 0.25) is 5.91 Å². The van der Waals surface area contributed by atoms with Crippen LogP contribution in [0, 0.1) is 5.82 Å². The molecule has 0 aliphatic carbocycles. The summed E-state index contributed by atoms with van der Waals surface area (Å²) in [5.41, 5.74) is 6.68. The van der Waals surface area contributed by atoms with Crippen LogP contribution in [0.1, 0.15) is 28.5 Å².